The van der Waals surface area contributed by atoms with Crippen molar-refractivity contribution in [3.05, 3.63) is 36.5 Å². The number of ether oxygens (including phenoxy) is 2. The van der Waals surface area contributed by atoms with E-state index in [0.717, 1.165) is 32.1 Å². The maximum absolute atomic E-state index is 12.9. The molecule has 54 heavy (non-hydrogen) atoms. The van der Waals surface area contributed by atoms with Gasteiger partial charge in [0.2, 0.25) is 5.91 Å². The van der Waals surface area contributed by atoms with Crippen LogP contribution in [0.4, 0.5) is 0 Å². The van der Waals surface area contributed by atoms with Gasteiger partial charge in [0, 0.05) is 6.42 Å². The lowest BCUT2D eigenvalue weighted by molar-refractivity contribution is -0.302. The zero-order valence-corrected chi connectivity index (χ0v) is 34.5. The normalized spacial score (nSPS) is 21.8. The first kappa shape index (κ1) is 50.4. The second-order valence-corrected chi connectivity index (χ2v) is 15.5. The highest BCUT2D eigenvalue weighted by molar-refractivity contribution is 5.76. The van der Waals surface area contributed by atoms with Crippen LogP contribution in [0.5, 0.6) is 0 Å². The summed E-state index contributed by atoms with van der Waals surface area (Å²) in [6.07, 6.45) is 36.3. The van der Waals surface area contributed by atoms with Gasteiger partial charge in [0.25, 0.3) is 0 Å². The second-order valence-electron chi connectivity index (χ2n) is 15.5. The Morgan fingerprint density at radius 2 is 1.09 bits per heavy atom. The molecule has 7 unspecified atom stereocenters. The summed E-state index contributed by atoms with van der Waals surface area (Å²) in [6, 6.07) is -0.833. The van der Waals surface area contributed by atoms with E-state index in [0.29, 0.717) is 6.42 Å². The summed E-state index contributed by atoms with van der Waals surface area (Å²) < 4.78 is 11.2. The number of aliphatic hydroxyl groups is 5. The van der Waals surface area contributed by atoms with Crippen LogP contribution in [0.15, 0.2) is 36.5 Å². The van der Waals surface area contributed by atoms with Gasteiger partial charge in [-0.25, -0.2) is 0 Å². The predicted molar refractivity (Wildman–Crippen MR) is 221 cm³/mol. The minimum Gasteiger partial charge on any atom is -0.394 e. The molecule has 1 aliphatic heterocycles. The molecule has 1 rings (SSSR count). The molecule has 0 aliphatic carbocycles. The van der Waals surface area contributed by atoms with Gasteiger partial charge >= 0.3 is 0 Å². The van der Waals surface area contributed by atoms with Gasteiger partial charge in [0.15, 0.2) is 6.29 Å². The molecule has 1 saturated heterocycles. The van der Waals surface area contributed by atoms with Crippen molar-refractivity contribution in [1.82, 2.24) is 5.32 Å². The van der Waals surface area contributed by atoms with Crippen molar-refractivity contribution >= 4 is 5.91 Å². The van der Waals surface area contributed by atoms with Gasteiger partial charge in [0.1, 0.15) is 24.4 Å². The zero-order valence-electron chi connectivity index (χ0n) is 34.5. The second kappa shape index (κ2) is 35.8. The van der Waals surface area contributed by atoms with Crippen LogP contribution in [0.2, 0.25) is 0 Å². The first-order chi connectivity index (χ1) is 26.3. The third-order valence-corrected chi connectivity index (χ3v) is 10.5. The molecule has 0 bridgehead atoms. The fourth-order valence-electron chi connectivity index (χ4n) is 6.85. The van der Waals surface area contributed by atoms with Crippen LogP contribution in [-0.4, -0.2) is 87.5 Å². The highest BCUT2D eigenvalue weighted by Gasteiger charge is 2.44. The lowest BCUT2D eigenvalue weighted by atomic mass is 9.99. The Hall–Kier alpha value is -1.59. The topological polar surface area (TPSA) is 149 Å². The Morgan fingerprint density at radius 1 is 0.630 bits per heavy atom. The molecule has 9 nitrogen and oxygen atoms in total. The largest absolute Gasteiger partial charge is 0.394 e. The van der Waals surface area contributed by atoms with E-state index in [2.05, 4.69) is 37.4 Å². The minimum atomic E-state index is -1.57. The predicted octanol–water partition coefficient (Wildman–Crippen LogP) is 8.89. The molecule has 0 aromatic carbocycles. The van der Waals surface area contributed by atoms with Gasteiger partial charge in [-0.2, -0.15) is 0 Å². The van der Waals surface area contributed by atoms with Gasteiger partial charge in [-0.3, -0.25) is 4.79 Å². The minimum absolute atomic E-state index is 0.210. The van der Waals surface area contributed by atoms with Crippen molar-refractivity contribution in [1.29, 1.82) is 0 Å². The van der Waals surface area contributed by atoms with Gasteiger partial charge in [-0.05, 0) is 38.5 Å². The number of amides is 1. The molecule has 0 radical (unpaired) electrons. The molecule has 0 spiro atoms. The molecule has 0 aromatic rings. The first-order valence-electron chi connectivity index (χ1n) is 22.2. The van der Waals surface area contributed by atoms with Crippen LogP contribution in [-0.2, 0) is 14.3 Å². The van der Waals surface area contributed by atoms with E-state index in [4.69, 9.17) is 9.47 Å². The first-order valence-corrected chi connectivity index (χ1v) is 22.2. The molecule has 9 heteroatoms. The Labute approximate surface area is 330 Å². The fraction of sp³-hybridized carbons (Fsp3) is 0.844. The molecule has 7 atom stereocenters. The number of carbonyl (C=O) groups is 1. The number of rotatable bonds is 36. The van der Waals surface area contributed by atoms with Crippen molar-refractivity contribution in [2.24, 2.45) is 0 Å². The highest BCUT2D eigenvalue weighted by atomic mass is 16.7. The molecule has 6 N–H and O–H groups in total. The molecule has 1 heterocycles. The third kappa shape index (κ3) is 26.3. The van der Waals surface area contributed by atoms with E-state index in [-0.39, 0.29) is 18.9 Å². The van der Waals surface area contributed by atoms with Crippen LogP contribution < -0.4 is 5.32 Å². The number of unbranched alkanes of at least 4 members (excludes halogenated alkanes) is 22. The van der Waals surface area contributed by atoms with Crippen LogP contribution in [0.3, 0.4) is 0 Å². The quantitative estimate of drug-likeness (QED) is 0.0274. The van der Waals surface area contributed by atoms with Crippen molar-refractivity contribution in [3.63, 3.8) is 0 Å². The van der Waals surface area contributed by atoms with Crippen molar-refractivity contribution in [2.45, 2.75) is 230 Å². The Bertz CT molecular complexity index is 941. The zero-order chi connectivity index (χ0) is 39.5. The summed E-state index contributed by atoms with van der Waals surface area (Å²) in [5.74, 6) is -0.245. The smallest absolute Gasteiger partial charge is 0.220 e. The van der Waals surface area contributed by atoms with E-state index in [1.54, 1.807) is 6.08 Å². The molecule has 1 fully saturated rings. The lowest BCUT2D eigenvalue weighted by Gasteiger charge is -2.40. The van der Waals surface area contributed by atoms with E-state index in [1.165, 1.54) is 128 Å². The number of aliphatic hydroxyl groups excluding tert-OH is 5. The van der Waals surface area contributed by atoms with Crippen LogP contribution in [0, 0.1) is 0 Å². The summed E-state index contributed by atoms with van der Waals surface area (Å²) in [6.45, 7) is 3.72. The van der Waals surface area contributed by atoms with Crippen LogP contribution in [0.1, 0.15) is 187 Å². The molecule has 0 aromatic heterocycles. The Balaban J connectivity index is 2.41. The maximum atomic E-state index is 12.9. The number of nitrogens with one attached hydrogen (secondary N) is 1. The van der Waals surface area contributed by atoms with Gasteiger partial charge < -0.3 is 40.3 Å². The monoisotopic (exact) mass is 766 g/mol. The fourth-order valence-corrected chi connectivity index (χ4v) is 6.85. The van der Waals surface area contributed by atoms with Crippen LogP contribution in [0.25, 0.3) is 0 Å². The van der Waals surface area contributed by atoms with Gasteiger partial charge in [-0.15, -0.1) is 0 Å². The molecule has 316 valence electrons. The number of hydrogen-bond donors (Lipinski definition) is 6. The average Bonchev–Trinajstić information content (AvgIpc) is 3.17. The van der Waals surface area contributed by atoms with Crippen molar-refractivity contribution < 1.29 is 39.8 Å². The highest BCUT2D eigenvalue weighted by Crippen LogP contribution is 2.22. The summed E-state index contributed by atoms with van der Waals surface area (Å²) in [4.78, 5) is 12.9. The molecular weight excluding hydrogens is 682 g/mol. The molecule has 0 saturated carbocycles. The summed E-state index contributed by atoms with van der Waals surface area (Å²) in [5, 5.41) is 54.0. The lowest BCUT2D eigenvalue weighted by Crippen LogP contribution is -2.60. The van der Waals surface area contributed by atoms with Crippen molar-refractivity contribution in [2.75, 3.05) is 13.2 Å². The Morgan fingerprint density at radius 3 is 1.59 bits per heavy atom. The SMILES string of the molecule is CCCCCCCC/C=C\C/C=C\CCC(=O)NC(COC1OC(CO)C(O)C(O)C1O)C(O)/C=C/CCCCCCCCCCCCCCCCCC. The van der Waals surface area contributed by atoms with E-state index in [1.807, 2.05) is 12.2 Å². The molecule has 1 aliphatic rings. The van der Waals surface area contributed by atoms with Gasteiger partial charge in [0.05, 0.1) is 25.4 Å². The van der Waals surface area contributed by atoms with E-state index in [9.17, 15) is 30.3 Å². The van der Waals surface area contributed by atoms with Gasteiger partial charge in [-0.1, -0.05) is 179 Å². The summed E-state index contributed by atoms with van der Waals surface area (Å²) >= 11 is 0. The van der Waals surface area contributed by atoms with E-state index >= 15 is 0 Å². The summed E-state index contributed by atoms with van der Waals surface area (Å²) in [5.41, 5.74) is 0. The van der Waals surface area contributed by atoms with Crippen LogP contribution >= 0.6 is 0 Å². The van der Waals surface area contributed by atoms with Crippen molar-refractivity contribution in [3.8, 4) is 0 Å². The average molecular weight is 766 g/mol. The molecular formula is C45H83NO8. The summed E-state index contributed by atoms with van der Waals surface area (Å²) in [7, 11) is 0. The standard InChI is InChI=1S/C45H83NO8/c1-3-5-7-9-11-13-15-17-18-19-20-21-23-24-26-28-30-32-34-39(48)38(37-53-45-44(52)43(51)42(50)40(36-47)54-45)46-41(49)35-33-31-29-27-25-22-16-14-12-10-8-6-4-2/h22,25,29,31-32,34,38-40,42-45,47-48,50-52H,3-21,23-24,26-28,30,33,35-37H2,1-2H3,(H,46,49)/b25-22-,31-29-,34-32+. The Kier molecular flexibility index (Phi) is 33.4. The number of hydrogen-bond acceptors (Lipinski definition) is 8. The molecule has 1 amide bonds. The van der Waals surface area contributed by atoms with E-state index < -0.39 is 49.5 Å². The maximum Gasteiger partial charge on any atom is 0.220 e. The number of allylic oxidation sites excluding steroid dienone is 5. The third-order valence-electron chi connectivity index (χ3n) is 10.5. The number of carbonyl (C=O) groups excluding carboxylic acids is 1.